The van der Waals surface area contributed by atoms with E-state index < -0.39 is 30.2 Å². The van der Waals surface area contributed by atoms with Crippen molar-refractivity contribution in [3.63, 3.8) is 0 Å². The molecule has 108 valence electrons. The molecular weight excluding hydrogens is 254 g/mol. The molecule has 0 aromatic heterocycles. The Bertz CT molecular complexity index is 371. The molecular formula is C11H19N3O5. The number of amides is 3. The van der Waals surface area contributed by atoms with Crippen molar-refractivity contribution in [3.05, 3.63) is 0 Å². The summed E-state index contributed by atoms with van der Waals surface area (Å²) in [6, 6.07) is -2.66. The van der Waals surface area contributed by atoms with Gasteiger partial charge in [-0.3, -0.25) is 4.79 Å². The Hall–Kier alpha value is -1.83. The second-order valence-electron chi connectivity index (χ2n) is 4.41. The van der Waals surface area contributed by atoms with Crippen LogP contribution in [0, 0.1) is 0 Å². The van der Waals surface area contributed by atoms with E-state index in [4.69, 9.17) is 5.11 Å². The molecule has 8 heteroatoms. The lowest BCUT2D eigenvalue weighted by Crippen LogP contribution is -2.61. The third-order valence-electron chi connectivity index (χ3n) is 3.01. The Morgan fingerprint density at radius 1 is 1.58 bits per heavy atom. The zero-order valence-corrected chi connectivity index (χ0v) is 10.9. The Morgan fingerprint density at radius 2 is 2.21 bits per heavy atom. The number of hydrogen-bond acceptors (Lipinski definition) is 4. The Kier molecular flexibility index (Phi) is 5.11. The van der Waals surface area contributed by atoms with Gasteiger partial charge < -0.3 is 25.7 Å². The second kappa shape index (κ2) is 6.37. The Labute approximate surface area is 110 Å². The predicted molar refractivity (Wildman–Crippen MR) is 65.4 cm³/mol. The smallest absolute Gasteiger partial charge is 0.328 e. The number of hydrogen-bond donors (Lipinski definition) is 4. The van der Waals surface area contributed by atoms with E-state index in [2.05, 4.69) is 10.6 Å². The average molecular weight is 273 g/mol. The summed E-state index contributed by atoms with van der Waals surface area (Å²) in [5.41, 5.74) is 0. The zero-order chi connectivity index (χ0) is 14.6. The molecule has 1 unspecified atom stereocenters. The summed E-state index contributed by atoms with van der Waals surface area (Å²) in [6.45, 7) is 3.68. The van der Waals surface area contributed by atoms with Gasteiger partial charge in [-0.05, 0) is 13.3 Å². The number of aliphatic hydroxyl groups is 1. The molecule has 0 radical (unpaired) electrons. The van der Waals surface area contributed by atoms with Crippen LogP contribution in [0.25, 0.3) is 0 Å². The van der Waals surface area contributed by atoms with Gasteiger partial charge in [0, 0.05) is 13.1 Å². The third-order valence-corrected chi connectivity index (χ3v) is 3.01. The molecule has 1 heterocycles. The standard InChI is InChI=1S/C11H19N3O5/c1-3-7-9(16)12-4-5-14(7)11(19)13-8(6(2)15)10(17)18/h6-8,15H,3-5H2,1-2H3,(H,12,16)(H,13,19)(H,17,18)/t6-,7?,8+/m1/s1. The van der Waals surface area contributed by atoms with Crippen molar-refractivity contribution < 1.29 is 24.6 Å². The molecule has 8 nitrogen and oxygen atoms in total. The maximum Gasteiger partial charge on any atom is 0.328 e. The number of carboxylic acid groups (broad SMARTS) is 1. The lowest BCUT2D eigenvalue weighted by molar-refractivity contribution is -0.141. The molecule has 0 saturated carbocycles. The molecule has 1 fully saturated rings. The van der Waals surface area contributed by atoms with E-state index in [0.29, 0.717) is 19.5 Å². The lowest BCUT2D eigenvalue weighted by atomic mass is 10.1. The van der Waals surface area contributed by atoms with Gasteiger partial charge in [0.25, 0.3) is 0 Å². The highest BCUT2D eigenvalue weighted by atomic mass is 16.4. The van der Waals surface area contributed by atoms with Crippen molar-refractivity contribution in [1.29, 1.82) is 0 Å². The summed E-state index contributed by atoms with van der Waals surface area (Å²) < 4.78 is 0. The number of carbonyl (C=O) groups excluding carboxylic acids is 2. The highest BCUT2D eigenvalue weighted by molar-refractivity contribution is 5.89. The van der Waals surface area contributed by atoms with Crippen molar-refractivity contribution in [3.8, 4) is 0 Å². The van der Waals surface area contributed by atoms with Crippen molar-refractivity contribution in [2.24, 2.45) is 0 Å². The van der Waals surface area contributed by atoms with Gasteiger partial charge in [0.05, 0.1) is 6.10 Å². The van der Waals surface area contributed by atoms with Crippen LogP contribution < -0.4 is 10.6 Å². The van der Waals surface area contributed by atoms with E-state index in [9.17, 15) is 19.5 Å². The van der Waals surface area contributed by atoms with Crippen LogP contribution in [-0.2, 0) is 9.59 Å². The topological polar surface area (TPSA) is 119 Å². The maximum atomic E-state index is 12.0. The first-order valence-electron chi connectivity index (χ1n) is 6.14. The van der Waals surface area contributed by atoms with E-state index in [-0.39, 0.29) is 5.91 Å². The van der Waals surface area contributed by atoms with Gasteiger partial charge in [0.15, 0.2) is 6.04 Å². The number of rotatable bonds is 4. The number of nitrogens with zero attached hydrogens (tertiary/aromatic N) is 1. The van der Waals surface area contributed by atoms with Crippen molar-refractivity contribution >= 4 is 17.9 Å². The summed E-state index contributed by atoms with van der Waals surface area (Å²) in [6.07, 6.45) is -0.786. The van der Waals surface area contributed by atoms with Crippen LogP contribution in [0.3, 0.4) is 0 Å². The summed E-state index contributed by atoms with van der Waals surface area (Å²) >= 11 is 0. The van der Waals surface area contributed by atoms with Crippen LogP contribution in [0.4, 0.5) is 4.79 Å². The van der Waals surface area contributed by atoms with Crippen LogP contribution >= 0.6 is 0 Å². The van der Waals surface area contributed by atoms with E-state index in [1.807, 2.05) is 0 Å². The minimum absolute atomic E-state index is 0.257. The van der Waals surface area contributed by atoms with Gasteiger partial charge in [0.1, 0.15) is 6.04 Å². The first-order valence-corrected chi connectivity index (χ1v) is 6.14. The molecule has 4 N–H and O–H groups in total. The number of carboxylic acids is 1. The Morgan fingerprint density at radius 3 is 2.68 bits per heavy atom. The molecule has 0 aromatic rings. The number of carbonyl (C=O) groups is 3. The molecule has 1 rings (SSSR count). The summed E-state index contributed by atoms with van der Waals surface area (Å²) in [5, 5.41) is 23.1. The predicted octanol–water partition coefficient (Wildman–Crippen LogP) is -1.26. The second-order valence-corrected chi connectivity index (χ2v) is 4.41. The fraction of sp³-hybridized carbons (Fsp3) is 0.727. The van der Waals surface area contributed by atoms with Crippen LogP contribution in [0.5, 0.6) is 0 Å². The van der Waals surface area contributed by atoms with E-state index in [0.717, 1.165) is 0 Å². The number of aliphatic hydroxyl groups excluding tert-OH is 1. The highest BCUT2D eigenvalue weighted by Crippen LogP contribution is 2.09. The van der Waals surface area contributed by atoms with E-state index in [1.165, 1.54) is 11.8 Å². The number of nitrogens with one attached hydrogen (secondary N) is 2. The molecule has 1 aliphatic rings. The normalized spacial score (nSPS) is 22.4. The van der Waals surface area contributed by atoms with Crippen LogP contribution in [0.1, 0.15) is 20.3 Å². The number of urea groups is 1. The molecule has 0 spiro atoms. The van der Waals surface area contributed by atoms with Crippen LogP contribution in [0.15, 0.2) is 0 Å². The van der Waals surface area contributed by atoms with Gasteiger partial charge in [-0.15, -0.1) is 0 Å². The maximum absolute atomic E-state index is 12.0. The number of piperazine rings is 1. The first kappa shape index (κ1) is 15.2. The van der Waals surface area contributed by atoms with Crippen molar-refractivity contribution in [2.45, 2.75) is 38.5 Å². The summed E-state index contributed by atoms with van der Waals surface area (Å²) in [5.74, 6) is -1.58. The highest BCUT2D eigenvalue weighted by Gasteiger charge is 2.34. The SMILES string of the molecule is CCC1C(=O)NCCN1C(=O)N[C@H](C(=O)O)[C@@H](C)O. The van der Waals surface area contributed by atoms with Gasteiger partial charge in [0.2, 0.25) is 5.91 Å². The van der Waals surface area contributed by atoms with Crippen molar-refractivity contribution in [2.75, 3.05) is 13.1 Å². The quantitative estimate of drug-likeness (QED) is 0.510. The van der Waals surface area contributed by atoms with Gasteiger partial charge in [-0.2, -0.15) is 0 Å². The molecule has 1 aliphatic heterocycles. The molecule has 19 heavy (non-hydrogen) atoms. The Balaban J connectivity index is 2.75. The molecule has 0 bridgehead atoms. The van der Waals surface area contributed by atoms with Crippen LogP contribution in [0.2, 0.25) is 0 Å². The third kappa shape index (κ3) is 3.57. The van der Waals surface area contributed by atoms with Gasteiger partial charge in [-0.1, -0.05) is 6.92 Å². The van der Waals surface area contributed by atoms with Crippen LogP contribution in [-0.4, -0.2) is 64.3 Å². The minimum Gasteiger partial charge on any atom is -0.480 e. The molecule has 3 atom stereocenters. The summed E-state index contributed by atoms with van der Waals surface area (Å²) in [7, 11) is 0. The fourth-order valence-corrected chi connectivity index (χ4v) is 1.97. The number of aliphatic carboxylic acids is 1. The monoisotopic (exact) mass is 273 g/mol. The molecule has 0 aliphatic carbocycles. The van der Waals surface area contributed by atoms with Gasteiger partial charge >= 0.3 is 12.0 Å². The zero-order valence-electron chi connectivity index (χ0n) is 10.9. The van der Waals surface area contributed by atoms with E-state index >= 15 is 0 Å². The average Bonchev–Trinajstić information content (AvgIpc) is 2.34. The van der Waals surface area contributed by atoms with E-state index in [1.54, 1.807) is 6.92 Å². The molecule has 3 amide bonds. The largest absolute Gasteiger partial charge is 0.480 e. The fourth-order valence-electron chi connectivity index (χ4n) is 1.97. The summed E-state index contributed by atoms with van der Waals surface area (Å²) in [4.78, 5) is 35.8. The minimum atomic E-state index is -1.39. The lowest BCUT2D eigenvalue weighted by Gasteiger charge is -2.35. The van der Waals surface area contributed by atoms with Crippen molar-refractivity contribution in [1.82, 2.24) is 15.5 Å². The molecule has 0 aromatic carbocycles. The first-order chi connectivity index (χ1) is 8.88. The van der Waals surface area contributed by atoms with Gasteiger partial charge in [-0.25, -0.2) is 9.59 Å². The molecule has 1 saturated heterocycles.